The number of alkyl halides is 3. The van der Waals surface area contributed by atoms with Crippen LogP contribution in [0.5, 0.6) is 5.75 Å². The van der Waals surface area contributed by atoms with Gasteiger partial charge in [-0.3, -0.25) is 9.59 Å². The van der Waals surface area contributed by atoms with Gasteiger partial charge in [0.25, 0.3) is 5.91 Å². The molecule has 9 nitrogen and oxygen atoms in total. The van der Waals surface area contributed by atoms with Gasteiger partial charge in [-0.25, -0.2) is 9.97 Å². The molecule has 3 aromatic rings. The molecule has 208 valence electrons. The summed E-state index contributed by atoms with van der Waals surface area (Å²) in [4.78, 5) is 36.5. The molecule has 2 aliphatic carbocycles. The highest BCUT2D eigenvalue weighted by molar-refractivity contribution is 6.09. The van der Waals surface area contributed by atoms with Gasteiger partial charge in [0.15, 0.2) is 0 Å². The summed E-state index contributed by atoms with van der Waals surface area (Å²) in [5, 5.41) is 14.7. The average molecular weight is 546 g/mol. The van der Waals surface area contributed by atoms with Gasteiger partial charge in [0.1, 0.15) is 29.9 Å². The lowest BCUT2D eigenvalue weighted by atomic mass is 9.91. The Labute approximate surface area is 222 Å². The Morgan fingerprint density at radius 1 is 1.08 bits per heavy atom. The fourth-order valence-electron chi connectivity index (χ4n) is 5.03. The third-order valence-corrected chi connectivity index (χ3v) is 7.30. The molecule has 1 aromatic carbocycles. The highest BCUT2D eigenvalue weighted by Crippen LogP contribution is 2.40. The summed E-state index contributed by atoms with van der Waals surface area (Å²) >= 11 is 0. The van der Waals surface area contributed by atoms with E-state index in [0.717, 1.165) is 25.0 Å². The molecule has 2 amide bonds. The molecule has 4 N–H and O–H groups in total. The van der Waals surface area contributed by atoms with Gasteiger partial charge in [-0.05, 0) is 69.6 Å². The van der Waals surface area contributed by atoms with E-state index in [0.29, 0.717) is 66.2 Å². The largest absolute Gasteiger partial charge is 0.493 e. The van der Waals surface area contributed by atoms with E-state index >= 15 is 0 Å². The number of carbonyl (C=O) groups excluding carboxylic acids is 2. The summed E-state index contributed by atoms with van der Waals surface area (Å²) in [6.07, 6.45) is 1.37. The minimum atomic E-state index is -4.55. The number of aryl methyl sites for hydroxylation is 1. The predicted molar refractivity (Wildman–Crippen MR) is 136 cm³/mol. The van der Waals surface area contributed by atoms with Gasteiger partial charge in [-0.15, -0.1) is 0 Å². The summed E-state index contributed by atoms with van der Waals surface area (Å²) in [6.45, 7) is 1.56. The number of nitrogens with one attached hydrogen (secondary N) is 3. The van der Waals surface area contributed by atoms with Crippen LogP contribution in [0.25, 0.3) is 22.3 Å². The molecular weight excluding hydrogens is 515 g/mol. The third kappa shape index (κ3) is 6.00. The summed E-state index contributed by atoms with van der Waals surface area (Å²) in [5.41, 5.74) is 1.05. The number of H-pyrrole nitrogens is 1. The van der Waals surface area contributed by atoms with Crippen molar-refractivity contribution in [2.24, 2.45) is 5.92 Å². The quantitative estimate of drug-likeness (QED) is 0.340. The van der Waals surface area contributed by atoms with Crippen molar-refractivity contribution in [3.8, 4) is 17.0 Å². The first-order valence-corrected chi connectivity index (χ1v) is 13.0. The lowest BCUT2D eigenvalue weighted by Crippen LogP contribution is -2.44. The van der Waals surface area contributed by atoms with E-state index in [1.807, 2.05) is 0 Å². The molecule has 0 unspecified atom stereocenters. The Bertz CT molecular complexity index is 1380. The van der Waals surface area contributed by atoms with Crippen LogP contribution >= 0.6 is 0 Å². The molecule has 12 heteroatoms. The molecule has 0 aliphatic heterocycles. The number of ether oxygens (including phenoxy) is 1. The normalized spacial score (nSPS) is 19.6. The van der Waals surface area contributed by atoms with Gasteiger partial charge in [0.05, 0.1) is 23.3 Å². The number of hydrogen-bond donors (Lipinski definition) is 4. The number of fused-ring (bicyclic) bond motifs is 1. The molecule has 0 spiro atoms. The highest BCUT2D eigenvalue weighted by atomic mass is 19.4. The van der Waals surface area contributed by atoms with Gasteiger partial charge >= 0.3 is 6.18 Å². The van der Waals surface area contributed by atoms with Crippen LogP contribution in [-0.4, -0.2) is 57.2 Å². The summed E-state index contributed by atoms with van der Waals surface area (Å²) in [5.74, 6) is -0.0810. The lowest BCUT2D eigenvalue weighted by Gasteiger charge is -2.29. The minimum Gasteiger partial charge on any atom is -0.493 e. The SMILES string of the molecule is Cc1[nH]c2c(-c3cc(C(F)(F)F)ccc3OCC3CC3)ncnc2c1C(=O)N[C@H]1CC[C@@H](NC(=O)CO)CC1. The van der Waals surface area contributed by atoms with Crippen LogP contribution in [0.2, 0.25) is 0 Å². The first-order chi connectivity index (χ1) is 18.6. The van der Waals surface area contributed by atoms with E-state index in [2.05, 4.69) is 25.6 Å². The maximum absolute atomic E-state index is 13.6. The number of aliphatic hydroxyl groups excluding tert-OH is 1. The Morgan fingerprint density at radius 3 is 2.41 bits per heavy atom. The van der Waals surface area contributed by atoms with E-state index in [1.54, 1.807) is 6.92 Å². The molecule has 2 fully saturated rings. The highest BCUT2D eigenvalue weighted by Gasteiger charge is 2.33. The van der Waals surface area contributed by atoms with Crippen molar-refractivity contribution in [1.82, 2.24) is 25.6 Å². The number of halogens is 3. The van der Waals surface area contributed by atoms with Gasteiger partial charge in [0, 0.05) is 23.3 Å². The molecule has 2 saturated carbocycles. The number of carbonyl (C=O) groups is 2. The number of hydrogen-bond acceptors (Lipinski definition) is 6. The Hall–Kier alpha value is -3.67. The first-order valence-electron chi connectivity index (χ1n) is 13.0. The molecule has 0 bridgehead atoms. The Morgan fingerprint density at radius 2 is 1.77 bits per heavy atom. The van der Waals surface area contributed by atoms with E-state index in [9.17, 15) is 22.8 Å². The molecule has 39 heavy (non-hydrogen) atoms. The molecule has 5 rings (SSSR count). The second kappa shape index (κ2) is 10.8. The molecular formula is C27H30F3N5O4. The van der Waals surface area contributed by atoms with E-state index in [1.165, 1.54) is 12.4 Å². The van der Waals surface area contributed by atoms with Crippen LogP contribution < -0.4 is 15.4 Å². The number of rotatable bonds is 8. The van der Waals surface area contributed by atoms with Crippen LogP contribution in [-0.2, 0) is 11.0 Å². The average Bonchev–Trinajstić information content (AvgIpc) is 3.67. The van der Waals surface area contributed by atoms with E-state index < -0.39 is 24.3 Å². The zero-order chi connectivity index (χ0) is 27.7. The van der Waals surface area contributed by atoms with E-state index in [4.69, 9.17) is 9.84 Å². The van der Waals surface area contributed by atoms with Crippen LogP contribution in [0.4, 0.5) is 13.2 Å². The minimum absolute atomic E-state index is 0.0493. The molecule has 0 atom stereocenters. The maximum atomic E-state index is 13.6. The Balaban J connectivity index is 1.42. The van der Waals surface area contributed by atoms with Crippen LogP contribution in [0.15, 0.2) is 24.5 Å². The summed E-state index contributed by atoms with van der Waals surface area (Å²) in [6, 6.07) is 3.17. The van der Waals surface area contributed by atoms with Crippen LogP contribution in [0.1, 0.15) is 60.1 Å². The van der Waals surface area contributed by atoms with Crippen molar-refractivity contribution >= 4 is 22.8 Å². The fourth-order valence-corrected chi connectivity index (χ4v) is 5.03. The number of amides is 2. The summed E-state index contributed by atoms with van der Waals surface area (Å²) < 4.78 is 46.7. The van der Waals surface area contributed by atoms with Gasteiger partial charge in [-0.2, -0.15) is 13.2 Å². The van der Waals surface area contributed by atoms with Crippen molar-refractivity contribution in [2.75, 3.05) is 13.2 Å². The summed E-state index contributed by atoms with van der Waals surface area (Å²) in [7, 11) is 0. The Kier molecular flexibility index (Phi) is 7.48. The van der Waals surface area contributed by atoms with Crippen molar-refractivity contribution in [1.29, 1.82) is 0 Å². The smallest absolute Gasteiger partial charge is 0.416 e. The molecule has 2 heterocycles. The predicted octanol–water partition coefficient (Wildman–Crippen LogP) is 3.89. The van der Waals surface area contributed by atoms with Crippen molar-refractivity contribution in [2.45, 2.75) is 63.7 Å². The van der Waals surface area contributed by atoms with E-state index in [-0.39, 0.29) is 29.2 Å². The molecule has 2 aliphatic rings. The van der Waals surface area contributed by atoms with Crippen LogP contribution in [0, 0.1) is 12.8 Å². The van der Waals surface area contributed by atoms with Crippen LogP contribution in [0.3, 0.4) is 0 Å². The van der Waals surface area contributed by atoms with Crippen molar-refractivity contribution in [3.63, 3.8) is 0 Å². The standard InChI is InChI=1S/C27H30F3N5O4/c1-14-22(26(38)35-18-7-5-17(6-8-18)34-21(37)11-36)24-25(33-14)23(31-13-32-24)19-10-16(27(28,29)30)4-9-20(19)39-12-15-2-3-15/h4,9-10,13,15,17-18,33,36H,2-3,5-8,11-12H2,1H3,(H,34,37)(H,35,38)/t17-,18+. The lowest BCUT2D eigenvalue weighted by molar-refractivity contribution is -0.137. The number of nitrogens with zero attached hydrogens (tertiary/aromatic N) is 2. The molecule has 0 radical (unpaired) electrons. The zero-order valence-corrected chi connectivity index (χ0v) is 21.4. The second-order valence-corrected chi connectivity index (χ2v) is 10.3. The number of aromatic nitrogens is 3. The monoisotopic (exact) mass is 545 g/mol. The van der Waals surface area contributed by atoms with Crippen molar-refractivity contribution in [3.05, 3.63) is 41.3 Å². The van der Waals surface area contributed by atoms with Gasteiger partial charge in [0.2, 0.25) is 5.91 Å². The molecule has 2 aromatic heterocycles. The topological polar surface area (TPSA) is 129 Å². The molecule has 0 saturated heterocycles. The third-order valence-electron chi connectivity index (χ3n) is 7.30. The van der Waals surface area contributed by atoms with Crippen molar-refractivity contribution < 1.29 is 32.6 Å². The first kappa shape index (κ1) is 26.9. The number of aromatic amines is 1. The fraction of sp³-hybridized carbons (Fsp3) is 0.481. The maximum Gasteiger partial charge on any atom is 0.416 e. The zero-order valence-electron chi connectivity index (χ0n) is 21.4. The number of benzene rings is 1. The van der Waals surface area contributed by atoms with Gasteiger partial charge in [-0.1, -0.05) is 0 Å². The number of aliphatic hydroxyl groups is 1. The second-order valence-electron chi connectivity index (χ2n) is 10.3. The van der Waals surface area contributed by atoms with Gasteiger partial charge < -0.3 is 25.5 Å².